The Morgan fingerprint density at radius 2 is 1.27 bits per heavy atom. The zero-order valence-corrected chi connectivity index (χ0v) is 32.2. The highest BCUT2D eigenvalue weighted by atomic mass is 32.2. The van der Waals surface area contributed by atoms with Gasteiger partial charge in [-0.2, -0.15) is 0 Å². The fraction of sp³-hybridized carbons (Fsp3) is 0.400. The van der Waals surface area contributed by atoms with Crippen LogP contribution in [0.25, 0.3) is 0 Å². The number of sulfonamides is 1. The van der Waals surface area contributed by atoms with Crippen molar-refractivity contribution >= 4 is 18.3 Å². The van der Waals surface area contributed by atoms with Gasteiger partial charge in [-0.1, -0.05) is 93.1 Å². The molecule has 0 amide bonds. The summed E-state index contributed by atoms with van der Waals surface area (Å²) in [5, 5.41) is 0.0441. The second-order valence-corrected chi connectivity index (χ2v) is 20.9. The van der Waals surface area contributed by atoms with Crippen LogP contribution in [0.1, 0.15) is 43.0 Å². The van der Waals surface area contributed by atoms with Crippen LogP contribution in [-0.2, 0) is 33.8 Å². The molecular weight excluding hydrogens is 649 g/mol. The van der Waals surface area contributed by atoms with Crippen molar-refractivity contribution in [2.45, 2.75) is 82.2 Å². The maximum absolute atomic E-state index is 13.9. The Morgan fingerprint density at radius 3 is 1.78 bits per heavy atom. The first-order chi connectivity index (χ1) is 23.2. The average Bonchev–Trinajstić information content (AvgIpc) is 3.07. The molecule has 0 saturated carbocycles. The first-order valence-electron chi connectivity index (χ1n) is 17.0. The second-order valence-electron chi connectivity index (χ2n) is 14.4. The molecule has 0 radical (unpaired) electrons. The Balaban J connectivity index is 1.75. The van der Waals surface area contributed by atoms with Crippen molar-refractivity contribution in [1.82, 2.24) is 9.62 Å². The van der Waals surface area contributed by atoms with Crippen LogP contribution < -0.4 is 14.2 Å². The SMILES string of the molecule is COc1ccc(C[C@@H](CN(Cc2ccccc2)[C@H](CO[Si](C)(C)C(C)(C)C)Cc2ccc(OC)cc2)NS(=O)(=O)c2ccc(C)cc2)cc1. The van der Waals surface area contributed by atoms with Crippen molar-refractivity contribution < 1.29 is 22.3 Å². The molecule has 264 valence electrons. The molecule has 0 bridgehead atoms. The Labute approximate surface area is 295 Å². The third kappa shape index (κ3) is 11.3. The number of nitrogens with zero attached hydrogens (tertiary/aromatic N) is 1. The summed E-state index contributed by atoms with van der Waals surface area (Å²) in [5.74, 6) is 1.57. The Morgan fingerprint density at radius 1 is 0.735 bits per heavy atom. The zero-order chi connectivity index (χ0) is 35.7. The quantitative estimate of drug-likeness (QED) is 0.112. The number of nitrogens with one attached hydrogen (secondary N) is 1. The minimum atomic E-state index is -3.81. The van der Waals surface area contributed by atoms with Gasteiger partial charge in [-0.25, -0.2) is 13.1 Å². The van der Waals surface area contributed by atoms with E-state index in [2.05, 4.69) is 67.8 Å². The molecule has 9 heteroatoms. The van der Waals surface area contributed by atoms with Crippen LogP contribution in [0.15, 0.2) is 108 Å². The van der Waals surface area contributed by atoms with E-state index in [9.17, 15) is 8.42 Å². The first kappa shape index (κ1) is 38.3. The highest BCUT2D eigenvalue weighted by molar-refractivity contribution is 7.89. The number of methoxy groups -OCH3 is 2. The lowest BCUT2D eigenvalue weighted by Gasteiger charge is -2.40. The van der Waals surface area contributed by atoms with Crippen LogP contribution in [-0.4, -0.2) is 61.1 Å². The Bertz CT molecular complexity index is 1690. The highest BCUT2D eigenvalue weighted by Crippen LogP contribution is 2.37. The van der Waals surface area contributed by atoms with Crippen LogP contribution in [0.5, 0.6) is 11.5 Å². The molecule has 4 aromatic carbocycles. The van der Waals surface area contributed by atoms with Gasteiger partial charge in [-0.15, -0.1) is 0 Å². The van der Waals surface area contributed by atoms with E-state index >= 15 is 0 Å². The maximum atomic E-state index is 13.9. The molecule has 4 rings (SSSR count). The maximum Gasteiger partial charge on any atom is 0.240 e. The van der Waals surface area contributed by atoms with Gasteiger partial charge in [-0.3, -0.25) is 4.90 Å². The van der Waals surface area contributed by atoms with E-state index in [1.807, 2.05) is 73.7 Å². The van der Waals surface area contributed by atoms with Gasteiger partial charge in [0.25, 0.3) is 0 Å². The molecule has 0 saturated heterocycles. The molecule has 0 aromatic heterocycles. The van der Waals surface area contributed by atoms with Gasteiger partial charge < -0.3 is 13.9 Å². The number of hydrogen-bond donors (Lipinski definition) is 1. The molecule has 0 unspecified atom stereocenters. The lowest BCUT2D eigenvalue weighted by Crippen LogP contribution is -2.51. The van der Waals surface area contributed by atoms with Crippen LogP contribution in [0.4, 0.5) is 0 Å². The first-order valence-corrected chi connectivity index (χ1v) is 21.3. The van der Waals surface area contributed by atoms with Gasteiger partial charge in [0, 0.05) is 31.8 Å². The fourth-order valence-electron chi connectivity index (χ4n) is 5.49. The highest BCUT2D eigenvalue weighted by Gasteiger charge is 2.38. The summed E-state index contributed by atoms with van der Waals surface area (Å²) in [6.07, 6.45) is 1.23. The molecule has 0 aliphatic heterocycles. The van der Waals surface area contributed by atoms with E-state index in [0.29, 0.717) is 26.1 Å². The number of ether oxygens (including phenoxy) is 2. The predicted octanol–water partition coefficient (Wildman–Crippen LogP) is 8.04. The summed E-state index contributed by atoms with van der Waals surface area (Å²) >= 11 is 0. The van der Waals surface area contributed by atoms with Gasteiger partial charge in [0.2, 0.25) is 10.0 Å². The van der Waals surface area contributed by atoms with E-state index in [1.165, 1.54) is 0 Å². The number of hydrogen-bond acceptors (Lipinski definition) is 6. The van der Waals surface area contributed by atoms with Crippen molar-refractivity contribution in [3.05, 3.63) is 125 Å². The van der Waals surface area contributed by atoms with Gasteiger partial charge in [0.1, 0.15) is 11.5 Å². The number of aryl methyl sites for hydroxylation is 1. The van der Waals surface area contributed by atoms with Crippen molar-refractivity contribution in [2.75, 3.05) is 27.4 Å². The van der Waals surface area contributed by atoms with E-state index in [4.69, 9.17) is 13.9 Å². The van der Waals surface area contributed by atoms with Gasteiger partial charge in [0.15, 0.2) is 8.32 Å². The Kier molecular flexibility index (Phi) is 13.3. The molecule has 0 spiro atoms. The van der Waals surface area contributed by atoms with E-state index in [0.717, 1.165) is 40.2 Å². The molecular formula is C40H54N2O5SSi. The van der Waals surface area contributed by atoms with E-state index in [-0.39, 0.29) is 16.0 Å². The molecule has 4 aromatic rings. The van der Waals surface area contributed by atoms with Crippen molar-refractivity contribution in [3.63, 3.8) is 0 Å². The molecule has 1 N–H and O–H groups in total. The average molecular weight is 703 g/mol. The second kappa shape index (κ2) is 17.0. The lowest BCUT2D eigenvalue weighted by molar-refractivity contribution is 0.111. The van der Waals surface area contributed by atoms with Crippen molar-refractivity contribution in [3.8, 4) is 11.5 Å². The molecule has 49 heavy (non-hydrogen) atoms. The standard InChI is InChI=1S/C40H54N2O5SSi/c1-31-14-24-39(25-15-31)48(43,44)41-35(26-32-16-20-37(45-5)21-17-32)29-42(28-34-12-10-9-11-13-34)36(30-47-49(7,8)40(2,3)4)27-33-18-22-38(46-6)23-19-33/h9-25,35-36,41H,26-30H2,1-8H3/t35-,36-/m0/s1. The summed E-state index contributed by atoms with van der Waals surface area (Å²) < 4.78 is 48.6. The summed E-state index contributed by atoms with van der Waals surface area (Å²) in [4.78, 5) is 2.65. The molecule has 2 atom stereocenters. The van der Waals surface area contributed by atoms with Gasteiger partial charge in [-0.05, 0) is 91.0 Å². The summed E-state index contributed by atoms with van der Waals surface area (Å²) in [7, 11) is -2.60. The number of rotatable bonds is 17. The molecule has 0 fully saturated rings. The lowest BCUT2D eigenvalue weighted by atomic mass is 10.0. The molecule has 0 aliphatic carbocycles. The van der Waals surface area contributed by atoms with Gasteiger partial charge >= 0.3 is 0 Å². The van der Waals surface area contributed by atoms with Crippen LogP contribution in [0.3, 0.4) is 0 Å². The molecule has 0 heterocycles. The minimum absolute atomic E-state index is 0.0371. The third-order valence-electron chi connectivity index (χ3n) is 9.57. The summed E-state index contributed by atoms with van der Waals surface area (Å²) in [6, 6.07) is 32.9. The van der Waals surface area contributed by atoms with Crippen LogP contribution in [0, 0.1) is 6.92 Å². The normalized spacial score (nSPS) is 13.7. The fourth-order valence-corrected chi connectivity index (χ4v) is 7.76. The smallest absolute Gasteiger partial charge is 0.240 e. The van der Waals surface area contributed by atoms with Crippen LogP contribution >= 0.6 is 0 Å². The van der Waals surface area contributed by atoms with Crippen molar-refractivity contribution in [2.24, 2.45) is 0 Å². The minimum Gasteiger partial charge on any atom is -0.497 e. The summed E-state index contributed by atoms with van der Waals surface area (Å²) in [5.41, 5.74) is 4.33. The van der Waals surface area contributed by atoms with Crippen molar-refractivity contribution in [1.29, 1.82) is 0 Å². The molecule has 7 nitrogen and oxygen atoms in total. The largest absolute Gasteiger partial charge is 0.497 e. The Hall–Kier alpha value is -3.47. The summed E-state index contributed by atoms with van der Waals surface area (Å²) in [6.45, 7) is 14.9. The molecule has 0 aliphatic rings. The zero-order valence-electron chi connectivity index (χ0n) is 30.4. The van der Waals surface area contributed by atoms with Gasteiger partial charge in [0.05, 0.1) is 19.1 Å². The monoisotopic (exact) mass is 702 g/mol. The number of benzene rings is 4. The van der Waals surface area contributed by atoms with E-state index in [1.54, 1.807) is 26.4 Å². The third-order valence-corrected chi connectivity index (χ3v) is 15.6. The predicted molar refractivity (Wildman–Crippen MR) is 202 cm³/mol. The topological polar surface area (TPSA) is 77.1 Å². The van der Waals surface area contributed by atoms with E-state index < -0.39 is 24.4 Å². The van der Waals surface area contributed by atoms with Crippen LogP contribution in [0.2, 0.25) is 18.1 Å².